The highest BCUT2D eigenvalue weighted by Gasteiger charge is 2.18. The van der Waals surface area contributed by atoms with Crippen molar-refractivity contribution in [1.82, 2.24) is 0 Å². The van der Waals surface area contributed by atoms with Gasteiger partial charge in [-0.05, 0) is 60.8 Å². The molecule has 0 saturated carbocycles. The Morgan fingerprint density at radius 3 is 2.53 bits per heavy atom. The molecule has 17 heavy (non-hydrogen) atoms. The third-order valence-corrected chi connectivity index (χ3v) is 4.91. The molecule has 0 aromatic heterocycles. The highest BCUT2D eigenvalue weighted by Crippen LogP contribution is 2.27. The molecule has 0 spiro atoms. The standard InChI is InChI=1S/C12H15BrClNOS/c1-8-9(5-6-10(13)11(8)14)7-15-17(16)12(2,3)4/h5-7H,1-4H3/b15-7+/t17-/m0/s1. The van der Waals surface area contributed by atoms with Crippen LogP contribution in [-0.4, -0.2) is 15.2 Å². The van der Waals surface area contributed by atoms with Crippen LogP contribution in [0.1, 0.15) is 31.9 Å². The van der Waals surface area contributed by atoms with E-state index >= 15 is 0 Å². The van der Waals surface area contributed by atoms with Crippen LogP contribution in [-0.2, 0) is 11.0 Å². The molecule has 94 valence electrons. The van der Waals surface area contributed by atoms with E-state index in [0.29, 0.717) is 5.02 Å². The summed E-state index contributed by atoms with van der Waals surface area (Å²) in [6, 6.07) is 3.76. The summed E-state index contributed by atoms with van der Waals surface area (Å²) in [5, 5.41) is 0.662. The second-order valence-corrected chi connectivity index (χ2v) is 7.84. The molecule has 0 heterocycles. The fourth-order valence-corrected chi connectivity index (χ4v) is 2.20. The number of hydrogen-bond donors (Lipinski definition) is 0. The average Bonchev–Trinajstić information content (AvgIpc) is 2.23. The smallest absolute Gasteiger partial charge is 0.144 e. The molecular weight excluding hydrogens is 322 g/mol. The first-order chi connectivity index (χ1) is 7.73. The fraction of sp³-hybridized carbons (Fsp3) is 0.417. The molecule has 0 unspecified atom stereocenters. The molecule has 1 rings (SSSR count). The van der Waals surface area contributed by atoms with E-state index in [4.69, 9.17) is 11.6 Å². The molecule has 0 aliphatic heterocycles. The van der Waals surface area contributed by atoms with Gasteiger partial charge < -0.3 is 0 Å². The Labute approximate surface area is 118 Å². The van der Waals surface area contributed by atoms with Crippen molar-refractivity contribution in [3.63, 3.8) is 0 Å². The van der Waals surface area contributed by atoms with Gasteiger partial charge in [-0.15, -0.1) is 0 Å². The monoisotopic (exact) mass is 335 g/mol. The van der Waals surface area contributed by atoms with Crippen LogP contribution >= 0.6 is 27.5 Å². The number of rotatable bonds is 2. The van der Waals surface area contributed by atoms with Crippen molar-refractivity contribution in [1.29, 1.82) is 0 Å². The van der Waals surface area contributed by atoms with Gasteiger partial charge in [-0.25, -0.2) is 4.21 Å². The Bertz CT molecular complexity index is 480. The van der Waals surface area contributed by atoms with Gasteiger partial charge in [-0.2, -0.15) is 4.40 Å². The second kappa shape index (κ2) is 5.63. The van der Waals surface area contributed by atoms with Gasteiger partial charge in [0.2, 0.25) is 0 Å². The van der Waals surface area contributed by atoms with Crippen LogP contribution in [0.4, 0.5) is 0 Å². The molecule has 0 aliphatic carbocycles. The van der Waals surface area contributed by atoms with Crippen molar-refractivity contribution in [2.75, 3.05) is 0 Å². The van der Waals surface area contributed by atoms with Crippen molar-refractivity contribution >= 4 is 44.7 Å². The highest BCUT2D eigenvalue weighted by atomic mass is 79.9. The third kappa shape index (κ3) is 3.90. The summed E-state index contributed by atoms with van der Waals surface area (Å²) >= 11 is 9.46. The summed E-state index contributed by atoms with van der Waals surface area (Å²) in [7, 11) is -1.24. The lowest BCUT2D eigenvalue weighted by Crippen LogP contribution is -2.19. The van der Waals surface area contributed by atoms with E-state index in [2.05, 4.69) is 20.3 Å². The minimum Gasteiger partial charge on any atom is -0.234 e. The van der Waals surface area contributed by atoms with Gasteiger partial charge in [0.25, 0.3) is 0 Å². The van der Waals surface area contributed by atoms with Gasteiger partial charge in [0.15, 0.2) is 0 Å². The molecule has 1 aromatic rings. The Kier molecular flexibility index (Phi) is 4.93. The first-order valence-corrected chi connectivity index (χ1v) is 7.42. The van der Waals surface area contributed by atoms with Gasteiger partial charge >= 0.3 is 0 Å². The summed E-state index contributed by atoms with van der Waals surface area (Å²) in [5.74, 6) is 0. The lowest BCUT2D eigenvalue weighted by Gasteiger charge is -2.13. The van der Waals surface area contributed by atoms with Gasteiger partial charge in [-0.1, -0.05) is 17.7 Å². The Balaban J connectivity index is 3.02. The van der Waals surface area contributed by atoms with E-state index < -0.39 is 11.0 Å². The van der Waals surface area contributed by atoms with E-state index in [1.165, 1.54) is 0 Å². The van der Waals surface area contributed by atoms with Gasteiger partial charge in [0, 0.05) is 10.7 Å². The maximum absolute atomic E-state index is 11.8. The predicted octanol–water partition coefficient (Wildman–Crippen LogP) is 4.29. The van der Waals surface area contributed by atoms with Crippen LogP contribution in [0, 0.1) is 6.92 Å². The molecule has 0 radical (unpaired) electrons. The summed E-state index contributed by atoms with van der Waals surface area (Å²) in [4.78, 5) is 0. The largest absolute Gasteiger partial charge is 0.234 e. The molecule has 2 nitrogen and oxygen atoms in total. The zero-order valence-corrected chi connectivity index (χ0v) is 13.4. The minimum atomic E-state index is -1.24. The first-order valence-electron chi connectivity index (χ1n) is 5.14. The van der Waals surface area contributed by atoms with Crippen molar-refractivity contribution in [2.24, 2.45) is 4.40 Å². The van der Waals surface area contributed by atoms with Crippen LogP contribution in [0.15, 0.2) is 21.0 Å². The average molecular weight is 337 g/mol. The predicted molar refractivity (Wildman–Crippen MR) is 79.4 cm³/mol. The van der Waals surface area contributed by atoms with Crippen molar-refractivity contribution in [3.05, 3.63) is 32.8 Å². The van der Waals surface area contributed by atoms with Crippen LogP contribution < -0.4 is 0 Å². The summed E-state index contributed by atoms with van der Waals surface area (Å²) in [5.41, 5.74) is 1.81. The normalized spacial score (nSPS) is 14.2. The molecular formula is C12H15BrClNOS. The summed E-state index contributed by atoms with van der Waals surface area (Å²) in [6.45, 7) is 7.58. The maximum Gasteiger partial charge on any atom is 0.144 e. The van der Waals surface area contributed by atoms with Crippen molar-refractivity contribution < 1.29 is 4.21 Å². The molecule has 0 N–H and O–H groups in total. The molecule has 1 aromatic carbocycles. The molecule has 1 atom stereocenters. The minimum absolute atomic E-state index is 0.344. The van der Waals surface area contributed by atoms with Crippen LogP contribution in [0.25, 0.3) is 0 Å². The van der Waals surface area contributed by atoms with E-state index in [9.17, 15) is 4.21 Å². The van der Waals surface area contributed by atoms with E-state index in [1.807, 2.05) is 39.8 Å². The topological polar surface area (TPSA) is 29.4 Å². The maximum atomic E-state index is 11.8. The van der Waals surface area contributed by atoms with E-state index in [0.717, 1.165) is 15.6 Å². The molecule has 0 bridgehead atoms. The summed E-state index contributed by atoms with van der Waals surface area (Å²) < 4.78 is 16.4. The SMILES string of the molecule is Cc1c(/C=N/[S@@](=O)C(C)(C)C)ccc(Br)c1Cl. The lowest BCUT2D eigenvalue weighted by atomic mass is 10.1. The number of halogens is 2. The van der Waals surface area contributed by atoms with Crippen LogP contribution in [0.3, 0.4) is 0 Å². The van der Waals surface area contributed by atoms with Crippen LogP contribution in [0.5, 0.6) is 0 Å². The summed E-state index contributed by atoms with van der Waals surface area (Å²) in [6.07, 6.45) is 1.62. The Morgan fingerprint density at radius 1 is 1.41 bits per heavy atom. The quantitative estimate of drug-likeness (QED) is 0.741. The third-order valence-electron chi connectivity index (χ3n) is 2.19. The Morgan fingerprint density at radius 2 is 2.00 bits per heavy atom. The molecule has 0 fully saturated rings. The van der Waals surface area contributed by atoms with E-state index in [-0.39, 0.29) is 4.75 Å². The number of nitrogens with zero attached hydrogens (tertiary/aromatic N) is 1. The fourth-order valence-electron chi connectivity index (χ4n) is 1.07. The zero-order chi connectivity index (χ0) is 13.2. The second-order valence-electron chi connectivity index (χ2n) is 4.67. The molecule has 0 saturated heterocycles. The molecule has 0 amide bonds. The van der Waals surface area contributed by atoms with Gasteiger partial charge in [0.05, 0.1) is 9.77 Å². The number of benzene rings is 1. The number of hydrogen-bond acceptors (Lipinski definition) is 1. The first kappa shape index (κ1) is 14.9. The van der Waals surface area contributed by atoms with Crippen LogP contribution in [0.2, 0.25) is 5.02 Å². The van der Waals surface area contributed by atoms with E-state index in [1.54, 1.807) is 6.21 Å². The Hall–Kier alpha value is -0.190. The van der Waals surface area contributed by atoms with Crippen molar-refractivity contribution in [2.45, 2.75) is 32.4 Å². The van der Waals surface area contributed by atoms with Gasteiger partial charge in [0.1, 0.15) is 11.0 Å². The highest BCUT2D eigenvalue weighted by molar-refractivity contribution is 9.10. The van der Waals surface area contributed by atoms with Gasteiger partial charge in [-0.3, -0.25) is 0 Å². The lowest BCUT2D eigenvalue weighted by molar-refractivity contribution is 0.651. The molecule has 0 aliphatic rings. The zero-order valence-electron chi connectivity index (χ0n) is 10.3. The molecule has 5 heteroatoms. The van der Waals surface area contributed by atoms with Crippen molar-refractivity contribution in [3.8, 4) is 0 Å².